The van der Waals surface area contributed by atoms with Crippen LogP contribution in [-0.2, 0) is 11.2 Å². The number of hydrogen-bond acceptors (Lipinski definition) is 2. The second-order valence-corrected chi connectivity index (χ2v) is 4.92. The van der Waals surface area contributed by atoms with Crippen molar-refractivity contribution in [3.63, 3.8) is 0 Å². The molecule has 1 aromatic rings. The van der Waals surface area contributed by atoms with E-state index in [9.17, 15) is 4.79 Å². The molecule has 3 nitrogen and oxygen atoms in total. The molecule has 2 rings (SSSR count). The van der Waals surface area contributed by atoms with E-state index in [2.05, 4.69) is 22.8 Å². The van der Waals surface area contributed by atoms with Gasteiger partial charge in [-0.05, 0) is 31.2 Å². The third-order valence-corrected chi connectivity index (χ3v) is 3.17. The van der Waals surface area contributed by atoms with Crippen molar-refractivity contribution in [3.8, 4) is 0 Å². The van der Waals surface area contributed by atoms with Crippen LogP contribution in [0.5, 0.6) is 0 Å². The first-order chi connectivity index (χ1) is 8.84. The van der Waals surface area contributed by atoms with Gasteiger partial charge in [-0.1, -0.05) is 30.3 Å². The zero-order valence-electron chi connectivity index (χ0n) is 10.8. The Kier molecular flexibility index (Phi) is 5.21. The van der Waals surface area contributed by atoms with Crippen molar-refractivity contribution in [2.75, 3.05) is 13.1 Å². The van der Waals surface area contributed by atoms with Gasteiger partial charge in [-0.2, -0.15) is 0 Å². The van der Waals surface area contributed by atoms with Gasteiger partial charge in [0.05, 0.1) is 0 Å². The number of rotatable bonds is 8. The lowest BCUT2D eigenvalue weighted by molar-refractivity contribution is -0.121. The highest BCUT2D eigenvalue weighted by Crippen LogP contribution is 2.17. The van der Waals surface area contributed by atoms with Crippen LogP contribution in [0.1, 0.15) is 31.2 Å². The van der Waals surface area contributed by atoms with Gasteiger partial charge in [0.2, 0.25) is 5.91 Å². The molecule has 0 aromatic heterocycles. The van der Waals surface area contributed by atoms with Gasteiger partial charge in [-0.15, -0.1) is 0 Å². The predicted molar refractivity (Wildman–Crippen MR) is 73.4 cm³/mol. The molecule has 1 saturated carbocycles. The molecule has 0 bridgehead atoms. The van der Waals surface area contributed by atoms with Crippen LogP contribution < -0.4 is 10.6 Å². The standard InChI is InChI=1S/C15H22N2O/c18-15(17-12-11-16-14-9-10-14)8-4-7-13-5-2-1-3-6-13/h1-3,5-6,14,16H,4,7-12H2,(H,17,18). The molecule has 1 fully saturated rings. The van der Waals surface area contributed by atoms with Crippen LogP contribution in [0.3, 0.4) is 0 Å². The summed E-state index contributed by atoms with van der Waals surface area (Å²) < 4.78 is 0. The van der Waals surface area contributed by atoms with Crippen molar-refractivity contribution >= 4 is 5.91 Å². The van der Waals surface area contributed by atoms with Crippen LogP contribution >= 0.6 is 0 Å². The maximum Gasteiger partial charge on any atom is 0.220 e. The van der Waals surface area contributed by atoms with Crippen molar-refractivity contribution in [2.24, 2.45) is 0 Å². The molecule has 1 aliphatic rings. The third-order valence-electron chi connectivity index (χ3n) is 3.17. The van der Waals surface area contributed by atoms with Gasteiger partial charge in [0.15, 0.2) is 0 Å². The lowest BCUT2D eigenvalue weighted by atomic mass is 10.1. The van der Waals surface area contributed by atoms with Crippen LogP contribution in [-0.4, -0.2) is 25.0 Å². The zero-order chi connectivity index (χ0) is 12.6. The van der Waals surface area contributed by atoms with Crippen molar-refractivity contribution in [2.45, 2.75) is 38.1 Å². The SMILES string of the molecule is O=C(CCCc1ccccc1)NCCNC1CC1. The van der Waals surface area contributed by atoms with Crippen LogP contribution in [0.4, 0.5) is 0 Å². The molecule has 98 valence electrons. The summed E-state index contributed by atoms with van der Waals surface area (Å²) >= 11 is 0. The van der Waals surface area contributed by atoms with E-state index in [1.807, 2.05) is 18.2 Å². The van der Waals surface area contributed by atoms with E-state index in [-0.39, 0.29) is 5.91 Å². The van der Waals surface area contributed by atoms with Gasteiger partial charge in [0.25, 0.3) is 0 Å². The Hall–Kier alpha value is -1.35. The number of amides is 1. The molecule has 0 saturated heterocycles. The van der Waals surface area contributed by atoms with Crippen molar-refractivity contribution in [1.82, 2.24) is 10.6 Å². The first kappa shape index (κ1) is 13.1. The lowest BCUT2D eigenvalue weighted by Gasteiger charge is -2.06. The fraction of sp³-hybridized carbons (Fsp3) is 0.533. The molecule has 0 radical (unpaired) electrons. The summed E-state index contributed by atoms with van der Waals surface area (Å²) in [5.41, 5.74) is 1.31. The Morgan fingerprint density at radius 1 is 1.17 bits per heavy atom. The van der Waals surface area contributed by atoms with Crippen molar-refractivity contribution in [1.29, 1.82) is 0 Å². The quantitative estimate of drug-likeness (QED) is 0.688. The summed E-state index contributed by atoms with van der Waals surface area (Å²) in [4.78, 5) is 11.6. The van der Waals surface area contributed by atoms with E-state index in [0.717, 1.165) is 32.0 Å². The van der Waals surface area contributed by atoms with Crippen LogP contribution in [0.2, 0.25) is 0 Å². The van der Waals surface area contributed by atoms with E-state index in [0.29, 0.717) is 6.42 Å². The molecule has 0 heterocycles. The average Bonchev–Trinajstić information content (AvgIpc) is 3.20. The summed E-state index contributed by atoms with van der Waals surface area (Å²) in [5.74, 6) is 0.170. The van der Waals surface area contributed by atoms with E-state index in [1.54, 1.807) is 0 Å². The Balaban J connectivity index is 1.49. The van der Waals surface area contributed by atoms with E-state index in [4.69, 9.17) is 0 Å². The molecule has 1 amide bonds. The smallest absolute Gasteiger partial charge is 0.220 e. The van der Waals surface area contributed by atoms with Crippen molar-refractivity contribution in [3.05, 3.63) is 35.9 Å². The minimum Gasteiger partial charge on any atom is -0.355 e. The van der Waals surface area contributed by atoms with E-state index in [1.165, 1.54) is 18.4 Å². The maximum absolute atomic E-state index is 11.6. The third kappa shape index (κ3) is 5.32. The van der Waals surface area contributed by atoms with Gasteiger partial charge in [-0.25, -0.2) is 0 Å². The number of hydrogen-bond donors (Lipinski definition) is 2. The number of aryl methyl sites for hydroxylation is 1. The Morgan fingerprint density at radius 2 is 1.94 bits per heavy atom. The largest absolute Gasteiger partial charge is 0.355 e. The molecule has 1 aliphatic carbocycles. The summed E-state index contributed by atoms with van der Waals surface area (Å²) in [6.07, 6.45) is 5.12. The van der Waals surface area contributed by atoms with E-state index < -0.39 is 0 Å². The number of carbonyl (C=O) groups is 1. The summed E-state index contributed by atoms with van der Waals surface area (Å²) in [7, 11) is 0. The topological polar surface area (TPSA) is 41.1 Å². The normalized spacial score (nSPS) is 14.4. The number of carbonyl (C=O) groups excluding carboxylic acids is 1. The van der Waals surface area contributed by atoms with Gasteiger partial charge in [-0.3, -0.25) is 4.79 Å². The Labute approximate surface area is 109 Å². The average molecular weight is 246 g/mol. The first-order valence-electron chi connectivity index (χ1n) is 6.88. The molecule has 2 N–H and O–H groups in total. The van der Waals surface area contributed by atoms with Gasteiger partial charge < -0.3 is 10.6 Å². The summed E-state index contributed by atoms with van der Waals surface area (Å²) in [6, 6.07) is 11.0. The van der Waals surface area contributed by atoms with Gasteiger partial charge >= 0.3 is 0 Å². The highest BCUT2D eigenvalue weighted by Gasteiger charge is 2.19. The fourth-order valence-electron chi connectivity index (χ4n) is 1.95. The van der Waals surface area contributed by atoms with E-state index >= 15 is 0 Å². The minimum atomic E-state index is 0.170. The van der Waals surface area contributed by atoms with Crippen molar-refractivity contribution < 1.29 is 4.79 Å². The molecular formula is C15H22N2O. The summed E-state index contributed by atoms with van der Waals surface area (Å²) in [5, 5.41) is 6.33. The van der Waals surface area contributed by atoms with Crippen LogP contribution in [0.25, 0.3) is 0 Å². The maximum atomic E-state index is 11.6. The molecule has 18 heavy (non-hydrogen) atoms. The highest BCUT2D eigenvalue weighted by atomic mass is 16.1. The fourth-order valence-corrected chi connectivity index (χ4v) is 1.95. The molecular weight excluding hydrogens is 224 g/mol. The van der Waals surface area contributed by atoms with Gasteiger partial charge in [0, 0.05) is 25.6 Å². The number of benzene rings is 1. The Bertz CT molecular complexity index is 360. The minimum absolute atomic E-state index is 0.170. The molecule has 1 aromatic carbocycles. The molecule has 0 spiro atoms. The second kappa shape index (κ2) is 7.17. The second-order valence-electron chi connectivity index (χ2n) is 4.92. The zero-order valence-corrected chi connectivity index (χ0v) is 10.8. The first-order valence-corrected chi connectivity index (χ1v) is 6.88. The highest BCUT2D eigenvalue weighted by molar-refractivity contribution is 5.75. The molecule has 3 heteroatoms. The van der Waals surface area contributed by atoms with Gasteiger partial charge in [0.1, 0.15) is 0 Å². The predicted octanol–water partition coefficient (Wildman–Crippen LogP) is 1.88. The monoisotopic (exact) mass is 246 g/mol. The molecule has 0 aliphatic heterocycles. The number of nitrogens with one attached hydrogen (secondary N) is 2. The lowest BCUT2D eigenvalue weighted by Crippen LogP contribution is -2.32. The molecule has 0 atom stereocenters. The van der Waals surface area contributed by atoms with Crippen LogP contribution in [0.15, 0.2) is 30.3 Å². The Morgan fingerprint density at radius 3 is 2.67 bits per heavy atom. The van der Waals surface area contributed by atoms with Crippen LogP contribution in [0, 0.1) is 0 Å². The summed E-state index contributed by atoms with van der Waals surface area (Å²) in [6.45, 7) is 1.65. The molecule has 0 unspecified atom stereocenters.